The first kappa shape index (κ1) is 15.8. The van der Waals surface area contributed by atoms with Gasteiger partial charge in [0.15, 0.2) is 11.5 Å². The summed E-state index contributed by atoms with van der Waals surface area (Å²) < 4.78 is 5.49. The van der Waals surface area contributed by atoms with Crippen molar-refractivity contribution in [3.8, 4) is 5.75 Å². The summed E-state index contributed by atoms with van der Waals surface area (Å²) in [6.07, 6.45) is 3.88. The van der Waals surface area contributed by atoms with Crippen molar-refractivity contribution in [2.24, 2.45) is 0 Å². The van der Waals surface area contributed by atoms with Crippen LogP contribution >= 0.6 is 11.3 Å². The summed E-state index contributed by atoms with van der Waals surface area (Å²) in [5.41, 5.74) is 0. The van der Waals surface area contributed by atoms with Crippen LogP contribution < -0.4 is 4.74 Å². The van der Waals surface area contributed by atoms with E-state index in [0.717, 1.165) is 30.6 Å². The molecular formula is C15H21NO4S. The number of nitrogens with zero attached hydrogens (tertiary/aromatic N) is 1. The van der Waals surface area contributed by atoms with Crippen LogP contribution in [-0.2, 0) is 11.2 Å². The second-order valence-corrected chi connectivity index (χ2v) is 6.30. The third-order valence-electron chi connectivity index (χ3n) is 3.44. The van der Waals surface area contributed by atoms with Crippen molar-refractivity contribution in [2.75, 3.05) is 13.2 Å². The Labute approximate surface area is 128 Å². The first-order valence-electron chi connectivity index (χ1n) is 7.35. The van der Waals surface area contributed by atoms with Crippen LogP contribution in [0, 0.1) is 0 Å². The highest BCUT2D eigenvalue weighted by Crippen LogP contribution is 2.31. The normalized spacial score (nSPS) is 14.0. The van der Waals surface area contributed by atoms with Gasteiger partial charge in [0.2, 0.25) is 0 Å². The molecule has 5 nitrogen and oxygen atoms in total. The Morgan fingerprint density at radius 2 is 2.14 bits per heavy atom. The zero-order chi connectivity index (χ0) is 15.4. The molecular weight excluding hydrogens is 290 g/mol. The highest BCUT2D eigenvalue weighted by Gasteiger charge is 2.31. The summed E-state index contributed by atoms with van der Waals surface area (Å²) in [6.45, 7) is 4.57. The monoisotopic (exact) mass is 311 g/mol. The second-order valence-electron chi connectivity index (χ2n) is 5.16. The quantitative estimate of drug-likeness (QED) is 0.801. The highest BCUT2D eigenvalue weighted by molar-refractivity contribution is 7.14. The Bertz CT molecular complexity index is 522. The molecule has 1 aliphatic rings. The van der Waals surface area contributed by atoms with Crippen LogP contribution in [0.1, 0.15) is 47.7 Å². The van der Waals surface area contributed by atoms with Gasteiger partial charge in [0.25, 0.3) is 5.91 Å². The van der Waals surface area contributed by atoms with Crippen molar-refractivity contribution < 1.29 is 19.4 Å². The van der Waals surface area contributed by atoms with Gasteiger partial charge in [0, 0.05) is 17.5 Å². The molecule has 2 rings (SSSR count). The molecule has 1 N–H and O–H groups in total. The van der Waals surface area contributed by atoms with Crippen LogP contribution in [0.3, 0.4) is 0 Å². The van der Waals surface area contributed by atoms with Crippen molar-refractivity contribution >= 4 is 23.2 Å². The number of rotatable bonds is 8. The third-order valence-corrected chi connectivity index (χ3v) is 4.60. The van der Waals surface area contributed by atoms with Gasteiger partial charge < -0.3 is 14.7 Å². The number of ether oxygens (including phenoxy) is 1. The number of hydrogen-bond donors (Lipinski definition) is 1. The Hall–Kier alpha value is -1.56. The van der Waals surface area contributed by atoms with Crippen LogP contribution in [0.2, 0.25) is 0 Å². The number of carbonyl (C=O) groups is 2. The molecule has 1 aromatic rings. The summed E-state index contributed by atoms with van der Waals surface area (Å²) in [6, 6.07) is 2.10. The largest absolute Gasteiger partial charge is 0.482 e. The Balaban J connectivity index is 2.01. The van der Waals surface area contributed by atoms with Gasteiger partial charge in [-0.2, -0.15) is 0 Å². The zero-order valence-electron chi connectivity index (χ0n) is 12.4. The van der Waals surface area contributed by atoms with Gasteiger partial charge in [-0.3, -0.25) is 4.79 Å². The number of amides is 1. The lowest BCUT2D eigenvalue weighted by Gasteiger charge is -2.20. The maximum Gasteiger partial charge on any atom is 0.349 e. The number of carboxylic acids is 1. The summed E-state index contributed by atoms with van der Waals surface area (Å²) in [7, 11) is 0. The minimum Gasteiger partial charge on any atom is -0.482 e. The van der Waals surface area contributed by atoms with E-state index < -0.39 is 5.97 Å². The third kappa shape index (κ3) is 3.97. The molecule has 0 radical (unpaired) electrons. The fraction of sp³-hybridized carbons (Fsp3) is 0.600. The van der Waals surface area contributed by atoms with E-state index in [4.69, 9.17) is 4.74 Å². The van der Waals surface area contributed by atoms with E-state index in [1.807, 2.05) is 13.8 Å². The van der Waals surface area contributed by atoms with Crippen molar-refractivity contribution in [1.29, 1.82) is 0 Å². The van der Waals surface area contributed by atoms with Crippen LogP contribution in [0.5, 0.6) is 5.75 Å². The van der Waals surface area contributed by atoms with E-state index in [9.17, 15) is 14.7 Å². The van der Waals surface area contributed by atoms with E-state index >= 15 is 0 Å². The molecule has 0 atom stereocenters. The molecule has 1 aromatic heterocycles. The second kappa shape index (κ2) is 6.93. The summed E-state index contributed by atoms with van der Waals surface area (Å²) in [4.78, 5) is 26.3. The highest BCUT2D eigenvalue weighted by atomic mass is 32.1. The number of carbonyl (C=O) groups excluding carboxylic acids is 1. The molecule has 1 heterocycles. The summed E-state index contributed by atoms with van der Waals surface area (Å²) in [5, 5.41) is 9.20. The zero-order valence-corrected chi connectivity index (χ0v) is 13.2. The standard InChI is InChI=1S/C15H21NO4S/c1-3-5-11-8-12(14(21-11)15(18)19)20-9-13(17)16(4-2)10-6-7-10/h8,10H,3-7,9H2,1-2H3,(H,18,19). The molecule has 0 saturated heterocycles. The first-order valence-corrected chi connectivity index (χ1v) is 8.16. The molecule has 0 aliphatic heterocycles. The molecule has 1 saturated carbocycles. The average Bonchev–Trinajstić information content (AvgIpc) is 3.18. The Kier molecular flexibility index (Phi) is 5.22. The van der Waals surface area contributed by atoms with Gasteiger partial charge in [-0.05, 0) is 32.3 Å². The maximum atomic E-state index is 12.1. The van der Waals surface area contributed by atoms with Crippen molar-refractivity contribution in [1.82, 2.24) is 4.90 Å². The van der Waals surface area contributed by atoms with Crippen LogP contribution in [0.4, 0.5) is 0 Å². The van der Waals surface area contributed by atoms with Crippen LogP contribution in [0.15, 0.2) is 6.07 Å². The molecule has 0 aromatic carbocycles. The lowest BCUT2D eigenvalue weighted by molar-refractivity contribution is -0.133. The smallest absolute Gasteiger partial charge is 0.349 e. The maximum absolute atomic E-state index is 12.1. The molecule has 0 bridgehead atoms. The average molecular weight is 311 g/mol. The summed E-state index contributed by atoms with van der Waals surface area (Å²) in [5.74, 6) is -0.755. The molecule has 0 spiro atoms. The van der Waals surface area contributed by atoms with Gasteiger partial charge in [-0.15, -0.1) is 11.3 Å². The van der Waals surface area contributed by atoms with Gasteiger partial charge in [-0.25, -0.2) is 4.79 Å². The number of carboxylic acid groups (broad SMARTS) is 1. The predicted molar refractivity (Wildman–Crippen MR) is 81.2 cm³/mol. The van der Waals surface area contributed by atoms with E-state index in [0.29, 0.717) is 18.3 Å². The molecule has 1 aliphatic carbocycles. The van der Waals surface area contributed by atoms with E-state index in [-0.39, 0.29) is 17.4 Å². The number of aryl methyl sites for hydroxylation is 1. The van der Waals surface area contributed by atoms with Gasteiger partial charge >= 0.3 is 5.97 Å². The number of thiophene rings is 1. The minimum absolute atomic E-state index is 0.0698. The topological polar surface area (TPSA) is 66.8 Å². The number of likely N-dealkylation sites (N-methyl/N-ethyl adjacent to an activating group) is 1. The summed E-state index contributed by atoms with van der Waals surface area (Å²) >= 11 is 1.23. The van der Waals surface area contributed by atoms with Crippen molar-refractivity contribution in [3.05, 3.63) is 15.8 Å². The fourth-order valence-corrected chi connectivity index (χ4v) is 3.34. The first-order chi connectivity index (χ1) is 10.1. The van der Waals surface area contributed by atoms with Gasteiger partial charge in [-0.1, -0.05) is 13.3 Å². The number of aromatic carboxylic acids is 1. The molecule has 0 unspecified atom stereocenters. The van der Waals surface area contributed by atoms with Gasteiger partial charge in [0.1, 0.15) is 5.75 Å². The van der Waals surface area contributed by atoms with E-state index in [1.54, 1.807) is 11.0 Å². The van der Waals surface area contributed by atoms with E-state index in [1.165, 1.54) is 11.3 Å². The predicted octanol–water partition coefficient (Wildman–Crippen LogP) is 2.79. The number of hydrogen-bond acceptors (Lipinski definition) is 4. The van der Waals surface area contributed by atoms with E-state index in [2.05, 4.69) is 0 Å². The molecule has 21 heavy (non-hydrogen) atoms. The van der Waals surface area contributed by atoms with Gasteiger partial charge in [0.05, 0.1) is 0 Å². The minimum atomic E-state index is -1.00. The lowest BCUT2D eigenvalue weighted by Crippen LogP contribution is -2.36. The molecule has 1 fully saturated rings. The van der Waals surface area contributed by atoms with Crippen molar-refractivity contribution in [3.63, 3.8) is 0 Å². The van der Waals surface area contributed by atoms with Crippen molar-refractivity contribution in [2.45, 2.75) is 45.6 Å². The molecule has 6 heteroatoms. The Morgan fingerprint density at radius 1 is 1.43 bits per heavy atom. The van der Waals surface area contributed by atoms with Crippen LogP contribution in [0.25, 0.3) is 0 Å². The molecule has 116 valence electrons. The van der Waals surface area contributed by atoms with Crippen LogP contribution in [-0.4, -0.2) is 41.1 Å². The molecule has 1 amide bonds. The Morgan fingerprint density at radius 3 is 2.67 bits per heavy atom. The fourth-order valence-electron chi connectivity index (χ4n) is 2.30. The lowest BCUT2D eigenvalue weighted by atomic mass is 10.3. The SMILES string of the molecule is CCCc1cc(OCC(=O)N(CC)C2CC2)c(C(=O)O)s1.